The number of hydrogen-bond acceptors (Lipinski definition) is 2. The minimum Gasteiger partial charge on any atom is -0.375 e. The lowest BCUT2D eigenvalue weighted by Gasteiger charge is -2.11. The molecule has 1 heterocycles. The second-order valence-corrected chi connectivity index (χ2v) is 5.09. The average molecular weight is 330 g/mol. The fourth-order valence-electron chi connectivity index (χ4n) is 1.83. The van der Waals surface area contributed by atoms with Crippen LogP contribution < -0.4 is 5.32 Å². The zero-order valence-electron chi connectivity index (χ0n) is 10.5. The van der Waals surface area contributed by atoms with Crippen LogP contribution in [0.1, 0.15) is 19.0 Å². The first-order valence-corrected chi connectivity index (χ1v) is 6.78. The highest BCUT2D eigenvalue weighted by molar-refractivity contribution is 9.10. The van der Waals surface area contributed by atoms with E-state index >= 15 is 0 Å². The van der Waals surface area contributed by atoms with Gasteiger partial charge in [0.25, 0.3) is 0 Å². The van der Waals surface area contributed by atoms with Gasteiger partial charge in [-0.25, -0.2) is 13.8 Å². The number of aromatic nitrogens is 2. The third kappa shape index (κ3) is 3.32. The molecule has 0 radical (unpaired) electrons. The topological polar surface area (TPSA) is 29.9 Å². The third-order valence-corrected chi connectivity index (χ3v) is 3.17. The molecule has 0 atom stereocenters. The van der Waals surface area contributed by atoms with Crippen molar-refractivity contribution in [1.29, 1.82) is 0 Å². The number of benzene rings is 1. The number of rotatable bonds is 5. The van der Waals surface area contributed by atoms with Gasteiger partial charge in [-0.05, 0) is 18.6 Å². The van der Waals surface area contributed by atoms with Crippen LogP contribution in [0.15, 0.2) is 29.1 Å². The number of anilines is 1. The highest BCUT2D eigenvalue weighted by Gasteiger charge is 2.11. The molecule has 2 rings (SSSR count). The first kappa shape index (κ1) is 14.0. The molecule has 0 aliphatic rings. The van der Waals surface area contributed by atoms with Gasteiger partial charge in [-0.1, -0.05) is 22.9 Å². The summed E-state index contributed by atoms with van der Waals surface area (Å²) < 4.78 is 29.6. The van der Waals surface area contributed by atoms with Gasteiger partial charge in [0.15, 0.2) is 0 Å². The molecule has 1 N–H and O–H groups in total. The first-order chi connectivity index (χ1) is 9.11. The molecule has 6 heteroatoms. The van der Waals surface area contributed by atoms with Crippen LogP contribution in [-0.4, -0.2) is 9.55 Å². The van der Waals surface area contributed by atoms with E-state index in [1.807, 2.05) is 4.57 Å². The molecule has 0 amide bonds. The summed E-state index contributed by atoms with van der Waals surface area (Å²) in [6, 6.07) is 2.46. The molecule has 0 fully saturated rings. The van der Waals surface area contributed by atoms with E-state index in [2.05, 4.69) is 33.2 Å². The summed E-state index contributed by atoms with van der Waals surface area (Å²) in [6.45, 7) is 3.23. The van der Waals surface area contributed by atoms with Gasteiger partial charge in [-0.2, -0.15) is 0 Å². The summed E-state index contributed by atoms with van der Waals surface area (Å²) >= 11 is 3.05. The van der Waals surface area contributed by atoms with Gasteiger partial charge in [0.1, 0.15) is 17.3 Å². The largest absolute Gasteiger partial charge is 0.375 e. The smallest absolute Gasteiger partial charge is 0.150 e. The van der Waals surface area contributed by atoms with Crippen molar-refractivity contribution in [3.8, 4) is 0 Å². The van der Waals surface area contributed by atoms with Gasteiger partial charge < -0.3 is 9.88 Å². The zero-order chi connectivity index (χ0) is 13.8. The van der Waals surface area contributed by atoms with E-state index in [-0.39, 0.29) is 5.69 Å². The predicted molar refractivity (Wildman–Crippen MR) is 73.9 cm³/mol. The normalized spacial score (nSPS) is 10.7. The number of nitrogens with zero attached hydrogens (tertiary/aromatic N) is 2. The maximum absolute atomic E-state index is 13.6. The molecule has 0 saturated carbocycles. The van der Waals surface area contributed by atoms with Crippen molar-refractivity contribution in [2.45, 2.75) is 26.4 Å². The summed E-state index contributed by atoms with van der Waals surface area (Å²) in [4.78, 5) is 4.04. The van der Waals surface area contributed by atoms with Crippen LogP contribution in [0.4, 0.5) is 14.5 Å². The van der Waals surface area contributed by atoms with Gasteiger partial charge >= 0.3 is 0 Å². The Hall–Kier alpha value is -1.43. The molecular weight excluding hydrogens is 316 g/mol. The number of nitrogens with one attached hydrogen (secondary N) is 1. The van der Waals surface area contributed by atoms with Crippen LogP contribution in [0, 0.1) is 11.6 Å². The molecule has 1 aromatic heterocycles. The van der Waals surface area contributed by atoms with Gasteiger partial charge in [0, 0.05) is 17.2 Å². The molecule has 0 aliphatic carbocycles. The monoisotopic (exact) mass is 329 g/mol. The van der Waals surface area contributed by atoms with Crippen LogP contribution in [0.3, 0.4) is 0 Å². The van der Waals surface area contributed by atoms with E-state index in [0.717, 1.165) is 18.7 Å². The van der Waals surface area contributed by atoms with Crippen molar-refractivity contribution in [3.63, 3.8) is 0 Å². The molecule has 0 unspecified atom stereocenters. The number of halogens is 3. The van der Waals surface area contributed by atoms with Crippen molar-refractivity contribution < 1.29 is 8.78 Å². The number of hydrogen-bond donors (Lipinski definition) is 1. The summed E-state index contributed by atoms with van der Waals surface area (Å²) in [6.07, 6.45) is 4.39. The first-order valence-electron chi connectivity index (χ1n) is 5.99. The van der Waals surface area contributed by atoms with Crippen LogP contribution in [0.25, 0.3) is 0 Å². The Bertz CT molecular complexity index is 546. The molecule has 3 nitrogen and oxygen atoms in total. The highest BCUT2D eigenvalue weighted by Crippen LogP contribution is 2.24. The third-order valence-electron chi connectivity index (χ3n) is 2.72. The quantitative estimate of drug-likeness (QED) is 0.900. The Balaban J connectivity index is 2.12. The minimum absolute atomic E-state index is 0.118. The van der Waals surface area contributed by atoms with Crippen LogP contribution in [-0.2, 0) is 13.1 Å². The Labute approximate surface area is 118 Å². The SMILES string of the molecule is CCCn1cncc1CNc1c(F)cc(Br)cc1F. The molecule has 0 saturated heterocycles. The van der Waals surface area contributed by atoms with Gasteiger partial charge in [-0.3, -0.25) is 0 Å². The number of aryl methyl sites for hydroxylation is 1. The maximum atomic E-state index is 13.6. The van der Waals surface area contributed by atoms with E-state index in [1.165, 1.54) is 12.1 Å². The lowest BCUT2D eigenvalue weighted by Crippen LogP contribution is -2.09. The van der Waals surface area contributed by atoms with Crippen molar-refractivity contribution >= 4 is 21.6 Å². The second kappa shape index (κ2) is 6.14. The molecule has 0 spiro atoms. The molecule has 0 bridgehead atoms. The van der Waals surface area contributed by atoms with Crippen LogP contribution in [0.2, 0.25) is 0 Å². The summed E-state index contributed by atoms with van der Waals surface area (Å²) in [5, 5.41) is 2.78. The van der Waals surface area contributed by atoms with E-state index in [0.29, 0.717) is 11.0 Å². The van der Waals surface area contributed by atoms with E-state index < -0.39 is 11.6 Å². The molecular formula is C13H14BrF2N3. The minimum atomic E-state index is -0.617. The standard InChI is InChI=1S/C13H14BrF2N3/c1-2-3-19-8-17-6-10(19)7-18-13-11(15)4-9(14)5-12(13)16/h4-6,8,18H,2-3,7H2,1H3. The van der Waals surface area contributed by atoms with Gasteiger partial charge in [-0.15, -0.1) is 0 Å². The van der Waals surface area contributed by atoms with Crippen molar-refractivity contribution in [2.24, 2.45) is 0 Å². The molecule has 2 aromatic rings. The van der Waals surface area contributed by atoms with Crippen molar-refractivity contribution in [1.82, 2.24) is 9.55 Å². The van der Waals surface area contributed by atoms with E-state index in [4.69, 9.17) is 0 Å². The van der Waals surface area contributed by atoms with Gasteiger partial charge in [0.05, 0.1) is 18.6 Å². The summed E-state index contributed by atoms with van der Waals surface area (Å²) in [7, 11) is 0. The zero-order valence-corrected chi connectivity index (χ0v) is 12.0. The van der Waals surface area contributed by atoms with E-state index in [9.17, 15) is 8.78 Å². The lowest BCUT2D eigenvalue weighted by atomic mass is 10.3. The lowest BCUT2D eigenvalue weighted by molar-refractivity contribution is 0.585. The Kier molecular flexibility index (Phi) is 4.52. The van der Waals surface area contributed by atoms with Crippen molar-refractivity contribution in [3.05, 3.63) is 46.5 Å². The maximum Gasteiger partial charge on any atom is 0.150 e. The molecule has 19 heavy (non-hydrogen) atoms. The molecule has 0 aliphatic heterocycles. The number of imidazole rings is 1. The van der Waals surface area contributed by atoms with Crippen molar-refractivity contribution in [2.75, 3.05) is 5.32 Å². The van der Waals surface area contributed by atoms with Crippen LogP contribution >= 0.6 is 15.9 Å². The van der Waals surface area contributed by atoms with E-state index in [1.54, 1.807) is 12.5 Å². The van der Waals surface area contributed by atoms with Crippen LogP contribution in [0.5, 0.6) is 0 Å². The fraction of sp³-hybridized carbons (Fsp3) is 0.308. The highest BCUT2D eigenvalue weighted by atomic mass is 79.9. The summed E-state index contributed by atoms with van der Waals surface area (Å²) in [5.41, 5.74) is 0.774. The molecule has 1 aromatic carbocycles. The Morgan fingerprint density at radius 1 is 1.32 bits per heavy atom. The van der Waals surface area contributed by atoms with Gasteiger partial charge in [0.2, 0.25) is 0 Å². The molecule has 102 valence electrons. The summed E-state index contributed by atoms with van der Waals surface area (Å²) in [5.74, 6) is -1.23. The predicted octanol–water partition coefficient (Wildman–Crippen LogP) is 3.95. The Morgan fingerprint density at radius 3 is 2.63 bits per heavy atom. The Morgan fingerprint density at radius 2 is 2.00 bits per heavy atom. The second-order valence-electron chi connectivity index (χ2n) is 4.18. The average Bonchev–Trinajstić information content (AvgIpc) is 2.76. The fourth-order valence-corrected chi connectivity index (χ4v) is 2.23.